The summed E-state index contributed by atoms with van der Waals surface area (Å²) in [6.45, 7) is 1.17. The van der Waals surface area contributed by atoms with Crippen molar-refractivity contribution in [1.82, 2.24) is 0 Å². The highest BCUT2D eigenvalue weighted by molar-refractivity contribution is 5.94. The number of carbonyl (C=O) groups is 1. The fraction of sp³-hybridized carbons (Fsp3) is 0.480. The molecule has 1 amide bonds. The van der Waals surface area contributed by atoms with Gasteiger partial charge in [-0.3, -0.25) is 4.79 Å². The molecule has 0 aromatic heterocycles. The SMILES string of the molecule is O=C(Nc1ccc(N2CCOCC2)c(C(F)(F)F)c1)[C@@H]1[C@@H](c2cccc(C(F)(F)F)c2)[C@H]2O[C@@H]1C[C@@H]2O. The average Bonchev–Trinajstić information content (AvgIpc) is 3.41. The second-order valence-corrected chi connectivity index (χ2v) is 9.44. The maximum Gasteiger partial charge on any atom is 0.418 e. The Kier molecular flexibility index (Phi) is 6.61. The highest BCUT2D eigenvalue weighted by Crippen LogP contribution is 2.50. The number of anilines is 2. The van der Waals surface area contributed by atoms with Crippen LogP contribution in [-0.2, 0) is 26.6 Å². The Hall–Kier alpha value is -2.83. The van der Waals surface area contributed by atoms with E-state index in [-0.39, 0.29) is 36.4 Å². The Balaban J connectivity index is 1.43. The van der Waals surface area contributed by atoms with Gasteiger partial charge < -0.3 is 24.8 Å². The maximum atomic E-state index is 13.9. The van der Waals surface area contributed by atoms with E-state index in [0.717, 1.165) is 18.2 Å². The molecule has 0 radical (unpaired) electrons. The lowest BCUT2D eigenvalue weighted by Crippen LogP contribution is -2.41. The molecule has 2 aromatic rings. The van der Waals surface area contributed by atoms with Gasteiger partial charge in [-0.25, -0.2) is 0 Å². The molecule has 3 saturated heterocycles. The summed E-state index contributed by atoms with van der Waals surface area (Å²) in [5, 5.41) is 12.8. The summed E-state index contributed by atoms with van der Waals surface area (Å²) in [7, 11) is 0. The molecule has 0 spiro atoms. The van der Waals surface area contributed by atoms with E-state index in [4.69, 9.17) is 9.47 Å². The molecule has 2 N–H and O–H groups in total. The quantitative estimate of drug-likeness (QED) is 0.573. The summed E-state index contributed by atoms with van der Waals surface area (Å²) in [5.74, 6) is -2.58. The Morgan fingerprint density at radius 3 is 2.41 bits per heavy atom. The van der Waals surface area contributed by atoms with Crippen LogP contribution >= 0.6 is 0 Å². The van der Waals surface area contributed by atoms with Crippen molar-refractivity contribution in [3.05, 3.63) is 59.2 Å². The second-order valence-electron chi connectivity index (χ2n) is 9.44. The smallest absolute Gasteiger partial charge is 0.390 e. The summed E-state index contributed by atoms with van der Waals surface area (Å²) >= 11 is 0. The minimum Gasteiger partial charge on any atom is -0.390 e. The Morgan fingerprint density at radius 1 is 1.00 bits per heavy atom. The van der Waals surface area contributed by atoms with Crippen molar-refractivity contribution in [3.8, 4) is 0 Å². The largest absolute Gasteiger partial charge is 0.418 e. The van der Waals surface area contributed by atoms with Gasteiger partial charge in [-0.2, -0.15) is 26.3 Å². The molecular weight excluding hydrogens is 506 g/mol. The fourth-order valence-corrected chi connectivity index (χ4v) is 5.51. The minimum absolute atomic E-state index is 0.0259. The number of nitrogens with one attached hydrogen (secondary N) is 1. The number of ether oxygens (including phenoxy) is 2. The fourth-order valence-electron chi connectivity index (χ4n) is 5.51. The molecule has 6 nitrogen and oxygen atoms in total. The number of hydrogen-bond donors (Lipinski definition) is 2. The zero-order valence-corrected chi connectivity index (χ0v) is 19.4. The van der Waals surface area contributed by atoms with Crippen molar-refractivity contribution in [1.29, 1.82) is 0 Å². The number of fused-ring (bicyclic) bond motifs is 2. The lowest BCUT2D eigenvalue weighted by molar-refractivity contribution is -0.138. The van der Waals surface area contributed by atoms with Crippen LogP contribution in [0.1, 0.15) is 29.0 Å². The molecule has 3 fully saturated rings. The number of nitrogens with zero attached hydrogens (tertiary/aromatic N) is 1. The van der Waals surface area contributed by atoms with Crippen LogP contribution in [0.15, 0.2) is 42.5 Å². The highest BCUT2D eigenvalue weighted by Gasteiger charge is 2.57. The Morgan fingerprint density at radius 2 is 1.73 bits per heavy atom. The lowest BCUT2D eigenvalue weighted by Gasteiger charge is -2.32. The van der Waals surface area contributed by atoms with Gasteiger partial charge >= 0.3 is 12.4 Å². The van der Waals surface area contributed by atoms with Crippen LogP contribution in [0.2, 0.25) is 0 Å². The van der Waals surface area contributed by atoms with Gasteiger partial charge in [0.15, 0.2) is 0 Å². The lowest BCUT2D eigenvalue weighted by atomic mass is 9.73. The van der Waals surface area contributed by atoms with E-state index in [9.17, 15) is 36.2 Å². The van der Waals surface area contributed by atoms with Crippen LogP contribution in [0.25, 0.3) is 0 Å². The third kappa shape index (κ3) is 5.01. The van der Waals surface area contributed by atoms with Gasteiger partial charge in [-0.1, -0.05) is 18.2 Å². The van der Waals surface area contributed by atoms with Crippen molar-refractivity contribution in [2.24, 2.45) is 5.92 Å². The predicted molar refractivity (Wildman–Crippen MR) is 120 cm³/mol. The molecule has 200 valence electrons. The Labute approximate surface area is 208 Å². The molecule has 0 aliphatic carbocycles. The van der Waals surface area contributed by atoms with E-state index in [0.29, 0.717) is 13.2 Å². The van der Waals surface area contributed by atoms with E-state index in [1.54, 1.807) is 4.90 Å². The van der Waals surface area contributed by atoms with Crippen molar-refractivity contribution in [3.63, 3.8) is 0 Å². The normalized spacial score (nSPS) is 28.0. The number of amides is 1. The van der Waals surface area contributed by atoms with E-state index in [2.05, 4.69) is 5.32 Å². The molecule has 37 heavy (non-hydrogen) atoms. The monoisotopic (exact) mass is 530 g/mol. The summed E-state index contributed by atoms with van der Waals surface area (Å²) in [5.41, 5.74) is -1.78. The molecule has 12 heteroatoms. The molecule has 2 aromatic carbocycles. The van der Waals surface area contributed by atoms with Crippen LogP contribution < -0.4 is 10.2 Å². The number of carbonyl (C=O) groups excluding carboxylic acids is 1. The van der Waals surface area contributed by atoms with Gasteiger partial charge in [0.1, 0.15) is 0 Å². The number of morpholine rings is 1. The van der Waals surface area contributed by atoms with Gasteiger partial charge in [0.25, 0.3) is 0 Å². The van der Waals surface area contributed by atoms with Gasteiger partial charge in [0, 0.05) is 36.8 Å². The summed E-state index contributed by atoms with van der Waals surface area (Å²) in [4.78, 5) is 14.9. The zero-order valence-electron chi connectivity index (χ0n) is 19.4. The second kappa shape index (κ2) is 9.48. The first-order valence-electron chi connectivity index (χ1n) is 11.8. The first-order valence-corrected chi connectivity index (χ1v) is 11.8. The molecule has 3 aliphatic rings. The molecule has 5 rings (SSSR count). The van der Waals surface area contributed by atoms with Crippen molar-refractivity contribution in [2.45, 2.75) is 43.0 Å². The first kappa shape index (κ1) is 25.8. The zero-order chi connectivity index (χ0) is 26.5. The predicted octanol–water partition coefficient (Wildman–Crippen LogP) is 4.43. The topological polar surface area (TPSA) is 71.0 Å². The third-order valence-corrected chi connectivity index (χ3v) is 7.15. The van der Waals surface area contributed by atoms with Crippen LogP contribution in [0.3, 0.4) is 0 Å². The number of aliphatic hydroxyl groups excluding tert-OH is 1. The van der Waals surface area contributed by atoms with Gasteiger partial charge in [0.05, 0.1) is 48.6 Å². The molecule has 3 aliphatic heterocycles. The number of aliphatic hydroxyl groups is 1. The highest BCUT2D eigenvalue weighted by atomic mass is 19.4. The molecule has 5 atom stereocenters. The number of halogens is 6. The first-order chi connectivity index (χ1) is 17.4. The van der Waals surface area contributed by atoms with Crippen LogP contribution in [-0.4, -0.2) is 55.6 Å². The summed E-state index contributed by atoms with van der Waals surface area (Å²) in [6.07, 6.45) is -11.9. The molecular formula is C25H24F6N2O4. The number of alkyl halides is 6. The van der Waals surface area contributed by atoms with Crippen molar-refractivity contribution in [2.75, 3.05) is 36.5 Å². The minimum atomic E-state index is -4.69. The van der Waals surface area contributed by atoms with Gasteiger partial charge in [-0.05, 0) is 29.8 Å². The molecule has 0 unspecified atom stereocenters. The number of hydrogen-bond acceptors (Lipinski definition) is 5. The van der Waals surface area contributed by atoms with Crippen LogP contribution in [0, 0.1) is 5.92 Å². The molecule has 2 bridgehead atoms. The van der Waals surface area contributed by atoms with Gasteiger partial charge in [0.2, 0.25) is 5.91 Å². The van der Waals surface area contributed by atoms with E-state index in [1.807, 2.05) is 0 Å². The Bertz CT molecular complexity index is 1160. The summed E-state index contributed by atoms with van der Waals surface area (Å²) in [6, 6.07) is 7.96. The van der Waals surface area contributed by atoms with Gasteiger partial charge in [-0.15, -0.1) is 0 Å². The van der Waals surface area contributed by atoms with E-state index >= 15 is 0 Å². The maximum absolute atomic E-state index is 13.9. The van der Waals surface area contributed by atoms with E-state index in [1.165, 1.54) is 24.3 Å². The standard InChI is InChI=1S/C25H24F6N2O4/c26-24(27,28)14-3-1-2-13(10-14)20-21(19-12-18(34)22(20)37-19)23(35)32-15-4-5-17(16(11-15)25(29,30)31)33-6-8-36-9-7-33/h1-5,10-11,18-22,34H,6-9,12H2,(H,32,35)/t18-,19+,20+,21-,22-/m0/s1. The number of benzene rings is 2. The third-order valence-electron chi connectivity index (χ3n) is 7.15. The molecule has 3 heterocycles. The van der Waals surface area contributed by atoms with Crippen molar-refractivity contribution >= 4 is 17.3 Å². The van der Waals surface area contributed by atoms with Crippen LogP contribution in [0.4, 0.5) is 37.7 Å². The van der Waals surface area contributed by atoms with Crippen molar-refractivity contribution < 1.29 is 45.7 Å². The average molecular weight is 530 g/mol. The number of rotatable bonds is 4. The molecule has 0 saturated carbocycles. The van der Waals surface area contributed by atoms with E-state index < -0.39 is 59.5 Å². The van der Waals surface area contributed by atoms with Crippen LogP contribution in [0.5, 0.6) is 0 Å². The summed E-state index contributed by atoms with van der Waals surface area (Å²) < 4.78 is 92.5.